The fraction of sp³-hybridized carbons (Fsp3) is 0.400. The van der Waals surface area contributed by atoms with Gasteiger partial charge in [-0.15, -0.1) is 10.2 Å². The summed E-state index contributed by atoms with van der Waals surface area (Å²) in [5, 5.41) is 20.3. The molecule has 0 spiro atoms. The van der Waals surface area contributed by atoms with E-state index in [1.54, 1.807) is 18.2 Å². The van der Waals surface area contributed by atoms with Crippen molar-refractivity contribution in [3.63, 3.8) is 0 Å². The molecule has 20 heavy (non-hydrogen) atoms. The van der Waals surface area contributed by atoms with Gasteiger partial charge in [-0.25, -0.2) is 0 Å². The average Bonchev–Trinajstić information content (AvgIpc) is 2.86. The summed E-state index contributed by atoms with van der Waals surface area (Å²) in [5.74, 6) is 1.05. The summed E-state index contributed by atoms with van der Waals surface area (Å²) in [5.41, 5.74) is 1.42. The molecule has 0 radical (unpaired) electrons. The topological polar surface area (TPSA) is 74.7 Å². The van der Waals surface area contributed by atoms with E-state index in [1.807, 2.05) is 6.07 Å². The van der Waals surface area contributed by atoms with Gasteiger partial charge < -0.3 is 9.73 Å². The maximum Gasteiger partial charge on any atom is 0.247 e. The Labute approximate surface area is 118 Å². The van der Waals surface area contributed by atoms with Gasteiger partial charge in [0.05, 0.1) is 11.6 Å². The average molecular weight is 270 g/mol. The third-order valence-corrected chi connectivity index (χ3v) is 2.70. The van der Waals surface area contributed by atoms with E-state index in [-0.39, 0.29) is 5.54 Å². The van der Waals surface area contributed by atoms with Gasteiger partial charge in [0.2, 0.25) is 11.8 Å². The van der Waals surface area contributed by atoms with E-state index in [4.69, 9.17) is 9.68 Å². The lowest BCUT2D eigenvalue weighted by atomic mass is 10.1. The van der Waals surface area contributed by atoms with Crippen LogP contribution in [0.2, 0.25) is 0 Å². The first-order valence-corrected chi connectivity index (χ1v) is 6.56. The molecule has 0 atom stereocenters. The molecular formula is C15H18N4O. The summed E-state index contributed by atoms with van der Waals surface area (Å²) >= 11 is 0. The zero-order valence-corrected chi connectivity index (χ0v) is 12.0. The fourth-order valence-electron chi connectivity index (χ4n) is 1.74. The number of aromatic nitrogens is 2. The van der Waals surface area contributed by atoms with Crippen molar-refractivity contribution >= 4 is 0 Å². The van der Waals surface area contributed by atoms with Gasteiger partial charge in [-0.1, -0.05) is 6.07 Å². The standard InChI is InChI=1S/C15H18N4O/c1-15(2,3)17-8-7-13-18-19-14(20-13)12-6-4-5-11(9-12)10-16/h4-6,9,17H,7-8H2,1-3H3. The quantitative estimate of drug-likeness (QED) is 0.924. The van der Waals surface area contributed by atoms with Crippen LogP contribution in [0, 0.1) is 11.3 Å². The van der Waals surface area contributed by atoms with Gasteiger partial charge in [0, 0.05) is 24.1 Å². The van der Waals surface area contributed by atoms with E-state index in [0.717, 1.165) is 12.1 Å². The molecule has 1 aromatic carbocycles. The van der Waals surface area contributed by atoms with Crippen LogP contribution in [-0.2, 0) is 6.42 Å². The van der Waals surface area contributed by atoms with E-state index < -0.39 is 0 Å². The number of hydrogen-bond donors (Lipinski definition) is 1. The molecule has 0 saturated carbocycles. The molecule has 5 heteroatoms. The third-order valence-electron chi connectivity index (χ3n) is 2.70. The fourth-order valence-corrected chi connectivity index (χ4v) is 1.74. The Balaban J connectivity index is 2.03. The maximum absolute atomic E-state index is 8.88. The normalized spacial score (nSPS) is 11.3. The van der Waals surface area contributed by atoms with Crippen molar-refractivity contribution in [1.29, 1.82) is 5.26 Å². The van der Waals surface area contributed by atoms with Gasteiger partial charge in [-0.2, -0.15) is 5.26 Å². The molecule has 0 aliphatic rings. The highest BCUT2D eigenvalue weighted by molar-refractivity contribution is 5.55. The molecule has 2 rings (SSSR count). The number of nitrogens with one attached hydrogen (secondary N) is 1. The smallest absolute Gasteiger partial charge is 0.247 e. The van der Waals surface area contributed by atoms with Gasteiger partial charge in [0.1, 0.15) is 0 Å². The minimum atomic E-state index is 0.0734. The Morgan fingerprint density at radius 3 is 2.80 bits per heavy atom. The second kappa shape index (κ2) is 5.85. The Morgan fingerprint density at radius 1 is 1.30 bits per heavy atom. The van der Waals surface area contributed by atoms with Crippen LogP contribution in [-0.4, -0.2) is 22.3 Å². The highest BCUT2D eigenvalue weighted by Crippen LogP contribution is 2.18. The van der Waals surface area contributed by atoms with Gasteiger partial charge in [-0.3, -0.25) is 0 Å². The second-order valence-electron chi connectivity index (χ2n) is 5.62. The van der Waals surface area contributed by atoms with Crippen molar-refractivity contribution in [2.75, 3.05) is 6.54 Å². The number of nitriles is 1. The Kier molecular flexibility index (Phi) is 4.16. The summed E-state index contributed by atoms with van der Waals surface area (Å²) in [6, 6.07) is 9.24. The zero-order chi connectivity index (χ0) is 14.6. The van der Waals surface area contributed by atoms with Crippen molar-refractivity contribution in [2.45, 2.75) is 32.7 Å². The second-order valence-corrected chi connectivity index (χ2v) is 5.62. The van der Waals surface area contributed by atoms with Crippen molar-refractivity contribution in [2.24, 2.45) is 0 Å². The summed E-state index contributed by atoms with van der Waals surface area (Å²) < 4.78 is 5.61. The van der Waals surface area contributed by atoms with Crippen LogP contribution < -0.4 is 5.32 Å². The highest BCUT2D eigenvalue weighted by Gasteiger charge is 2.11. The molecule has 2 aromatic rings. The van der Waals surface area contributed by atoms with Gasteiger partial charge in [0.15, 0.2) is 0 Å². The molecule has 104 valence electrons. The molecule has 0 saturated heterocycles. The third kappa shape index (κ3) is 3.90. The number of benzene rings is 1. The SMILES string of the molecule is CC(C)(C)NCCc1nnc(-c2cccc(C#N)c2)o1. The number of rotatable bonds is 4. The van der Waals surface area contributed by atoms with E-state index >= 15 is 0 Å². The summed E-state index contributed by atoms with van der Waals surface area (Å²) in [6.07, 6.45) is 0.683. The molecule has 0 fully saturated rings. The Bertz CT molecular complexity index is 619. The maximum atomic E-state index is 8.88. The van der Waals surface area contributed by atoms with Crippen LogP contribution in [0.25, 0.3) is 11.5 Å². The first-order valence-electron chi connectivity index (χ1n) is 6.56. The molecule has 0 aliphatic heterocycles. The summed E-state index contributed by atoms with van der Waals surface area (Å²) in [4.78, 5) is 0. The van der Waals surface area contributed by atoms with E-state index in [2.05, 4.69) is 42.4 Å². The van der Waals surface area contributed by atoms with Gasteiger partial charge in [0.25, 0.3) is 0 Å². The van der Waals surface area contributed by atoms with Gasteiger partial charge in [-0.05, 0) is 39.0 Å². The van der Waals surface area contributed by atoms with Crippen LogP contribution in [0.1, 0.15) is 32.2 Å². The first kappa shape index (κ1) is 14.2. The molecule has 1 aromatic heterocycles. The van der Waals surface area contributed by atoms with E-state index in [1.165, 1.54) is 0 Å². The summed E-state index contributed by atoms with van der Waals surface area (Å²) in [7, 11) is 0. The minimum absolute atomic E-state index is 0.0734. The van der Waals surface area contributed by atoms with Crippen LogP contribution >= 0.6 is 0 Å². The van der Waals surface area contributed by atoms with Crippen LogP contribution in [0.4, 0.5) is 0 Å². The van der Waals surface area contributed by atoms with Crippen LogP contribution in [0.3, 0.4) is 0 Å². The lowest BCUT2D eigenvalue weighted by Gasteiger charge is -2.19. The lowest BCUT2D eigenvalue weighted by molar-refractivity contribution is 0.412. The number of hydrogen-bond acceptors (Lipinski definition) is 5. The largest absolute Gasteiger partial charge is 0.421 e. The van der Waals surface area contributed by atoms with Gasteiger partial charge >= 0.3 is 0 Å². The molecule has 0 unspecified atom stereocenters. The summed E-state index contributed by atoms with van der Waals surface area (Å²) in [6.45, 7) is 7.11. The Hall–Kier alpha value is -2.19. The van der Waals surface area contributed by atoms with Crippen LogP contribution in [0.5, 0.6) is 0 Å². The molecule has 1 heterocycles. The molecule has 5 nitrogen and oxygen atoms in total. The molecule has 0 aliphatic carbocycles. The highest BCUT2D eigenvalue weighted by atomic mass is 16.4. The van der Waals surface area contributed by atoms with E-state index in [0.29, 0.717) is 23.8 Å². The number of nitrogens with zero attached hydrogens (tertiary/aromatic N) is 3. The minimum Gasteiger partial charge on any atom is -0.421 e. The zero-order valence-electron chi connectivity index (χ0n) is 12.0. The monoisotopic (exact) mass is 270 g/mol. The van der Waals surface area contributed by atoms with Crippen molar-refractivity contribution < 1.29 is 4.42 Å². The molecule has 0 amide bonds. The van der Waals surface area contributed by atoms with Crippen LogP contribution in [0.15, 0.2) is 28.7 Å². The van der Waals surface area contributed by atoms with E-state index in [9.17, 15) is 0 Å². The molecule has 0 bridgehead atoms. The first-order chi connectivity index (χ1) is 9.48. The predicted molar refractivity (Wildman–Crippen MR) is 75.9 cm³/mol. The Morgan fingerprint density at radius 2 is 2.10 bits per heavy atom. The van der Waals surface area contributed by atoms with Crippen molar-refractivity contribution in [3.8, 4) is 17.5 Å². The predicted octanol–water partition coefficient (Wildman–Crippen LogP) is 2.54. The molecule has 1 N–H and O–H groups in total. The van der Waals surface area contributed by atoms with Crippen molar-refractivity contribution in [1.82, 2.24) is 15.5 Å². The lowest BCUT2D eigenvalue weighted by Crippen LogP contribution is -2.37. The van der Waals surface area contributed by atoms with Crippen molar-refractivity contribution in [3.05, 3.63) is 35.7 Å². The molecular weight excluding hydrogens is 252 g/mol.